The molecule has 0 radical (unpaired) electrons. The Morgan fingerprint density at radius 2 is 1.54 bits per heavy atom. The summed E-state index contributed by atoms with van der Waals surface area (Å²) in [6.07, 6.45) is 16.0. The molecule has 0 spiro atoms. The number of carbonyl (C=O) groups is 1. The van der Waals surface area contributed by atoms with E-state index in [0.29, 0.717) is 0 Å². The number of benzene rings is 1. The first-order valence-electron chi connectivity index (χ1n) is 10.3. The van der Waals surface area contributed by atoms with Gasteiger partial charge in [-0.2, -0.15) is 0 Å². The summed E-state index contributed by atoms with van der Waals surface area (Å²) in [5.41, 5.74) is 1.46. The van der Waals surface area contributed by atoms with Crippen molar-refractivity contribution in [2.75, 3.05) is 0 Å². The first-order valence-corrected chi connectivity index (χ1v) is 10.6. The third-order valence-corrected chi connectivity index (χ3v) is 6.93. The van der Waals surface area contributed by atoms with E-state index in [1.165, 1.54) is 63.0 Å². The zero-order chi connectivity index (χ0) is 18.4. The fraction of sp³-hybridized carbons (Fsp3) is 0.609. The van der Waals surface area contributed by atoms with Gasteiger partial charge in [-0.05, 0) is 92.7 Å². The molecule has 1 N–H and O–H groups in total. The Hall–Kier alpha value is -1.28. The molecule has 1 aromatic carbocycles. The number of rotatable bonds is 6. The molecule has 0 unspecified atom stereocenters. The number of allylic oxidation sites excluding steroid dienone is 1. The van der Waals surface area contributed by atoms with Crippen LogP contribution in [-0.2, 0) is 4.79 Å². The highest BCUT2D eigenvalue weighted by Crippen LogP contribution is 2.44. The van der Waals surface area contributed by atoms with Gasteiger partial charge in [-0.1, -0.05) is 42.7 Å². The maximum Gasteiger partial charge on any atom is 0.327 e. The van der Waals surface area contributed by atoms with E-state index in [1.807, 2.05) is 18.2 Å². The second-order valence-corrected chi connectivity index (χ2v) is 8.70. The van der Waals surface area contributed by atoms with Crippen LogP contribution in [0.1, 0.15) is 75.7 Å². The predicted molar refractivity (Wildman–Crippen MR) is 108 cm³/mol. The molecule has 3 heteroatoms. The fourth-order valence-electron chi connectivity index (χ4n) is 5.12. The first kappa shape index (κ1) is 19.5. The molecule has 3 rings (SSSR count). The minimum Gasteiger partial charge on any atom is -0.478 e. The lowest BCUT2D eigenvalue weighted by Crippen LogP contribution is -2.25. The maximum absolute atomic E-state index is 10.5. The van der Waals surface area contributed by atoms with Crippen molar-refractivity contribution >= 4 is 17.6 Å². The predicted octanol–water partition coefficient (Wildman–Crippen LogP) is 6.84. The number of halogens is 1. The van der Waals surface area contributed by atoms with Crippen molar-refractivity contribution in [3.05, 3.63) is 47.0 Å². The van der Waals surface area contributed by atoms with Crippen LogP contribution in [0.3, 0.4) is 0 Å². The zero-order valence-corrected chi connectivity index (χ0v) is 16.3. The van der Waals surface area contributed by atoms with Crippen LogP contribution in [0.25, 0.3) is 0 Å². The Labute approximate surface area is 162 Å². The van der Waals surface area contributed by atoms with Gasteiger partial charge in [-0.25, -0.2) is 4.79 Å². The smallest absolute Gasteiger partial charge is 0.327 e. The molecule has 0 saturated heterocycles. The standard InChI is InChI=1S/C23H31ClO2/c24-22-15-13-21(14-16-22)20-11-9-19(10-12-20)18-7-5-17(6-8-18)3-1-2-4-23(25)26/h2,4,13-20H,1,3,5-12H2,(H,25,26)/b4-2+/t17-,18-,19-,20-. The van der Waals surface area contributed by atoms with Crippen LogP contribution < -0.4 is 0 Å². The van der Waals surface area contributed by atoms with E-state index in [-0.39, 0.29) is 0 Å². The van der Waals surface area contributed by atoms with Gasteiger partial charge in [0.1, 0.15) is 0 Å². The highest BCUT2D eigenvalue weighted by atomic mass is 35.5. The number of carboxylic acid groups (broad SMARTS) is 1. The lowest BCUT2D eigenvalue weighted by Gasteiger charge is -2.38. The molecule has 0 aromatic heterocycles. The van der Waals surface area contributed by atoms with Gasteiger partial charge in [0.15, 0.2) is 0 Å². The van der Waals surface area contributed by atoms with E-state index < -0.39 is 5.97 Å². The Balaban J connectivity index is 1.38. The molecule has 2 nitrogen and oxygen atoms in total. The van der Waals surface area contributed by atoms with Crippen molar-refractivity contribution in [2.24, 2.45) is 17.8 Å². The average Bonchev–Trinajstić information content (AvgIpc) is 2.66. The average molecular weight is 375 g/mol. The van der Waals surface area contributed by atoms with E-state index in [9.17, 15) is 4.79 Å². The first-order chi connectivity index (χ1) is 12.6. The lowest BCUT2D eigenvalue weighted by atomic mass is 9.68. The van der Waals surface area contributed by atoms with Gasteiger partial charge in [0.2, 0.25) is 0 Å². The van der Waals surface area contributed by atoms with E-state index in [4.69, 9.17) is 16.7 Å². The Kier molecular flexibility index (Phi) is 7.19. The van der Waals surface area contributed by atoms with Crippen LogP contribution in [0, 0.1) is 17.8 Å². The van der Waals surface area contributed by atoms with Crippen LogP contribution >= 0.6 is 11.6 Å². The maximum atomic E-state index is 10.5. The Bertz CT molecular complexity index is 591. The number of aliphatic carboxylic acids is 1. The molecule has 2 saturated carbocycles. The second kappa shape index (κ2) is 9.60. The van der Waals surface area contributed by atoms with Gasteiger partial charge in [-0.15, -0.1) is 0 Å². The number of carboxylic acids is 1. The minimum atomic E-state index is -0.831. The van der Waals surface area contributed by atoms with Crippen molar-refractivity contribution in [1.82, 2.24) is 0 Å². The van der Waals surface area contributed by atoms with Crippen molar-refractivity contribution in [1.29, 1.82) is 0 Å². The highest BCUT2D eigenvalue weighted by Gasteiger charge is 2.31. The summed E-state index contributed by atoms with van der Waals surface area (Å²) in [7, 11) is 0. The van der Waals surface area contributed by atoms with Crippen molar-refractivity contribution in [2.45, 2.75) is 70.1 Å². The second-order valence-electron chi connectivity index (χ2n) is 8.26. The molecular formula is C23H31ClO2. The largest absolute Gasteiger partial charge is 0.478 e. The minimum absolute atomic E-state index is 0.723. The van der Waals surface area contributed by atoms with Gasteiger partial charge in [0, 0.05) is 11.1 Å². The van der Waals surface area contributed by atoms with Crippen LogP contribution in [0.5, 0.6) is 0 Å². The zero-order valence-electron chi connectivity index (χ0n) is 15.6. The highest BCUT2D eigenvalue weighted by molar-refractivity contribution is 6.30. The van der Waals surface area contributed by atoms with E-state index in [2.05, 4.69) is 12.1 Å². The molecule has 0 aliphatic heterocycles. The van der Waals surface area contributed by atoms with Gasteiger partial charge in [-0.3, -0.25) is 0 Å². The molecule has 0 heterocycles. The van der Waals surface area contributed by atoms with Crippen molar-refractivity contribution in [3.63, 3.8) is 0 Å². The number of hydrogen-bond donors (Lipinski definition) is 1. The van der Waals surface area contributed by atoms with Crippen LogP contribution in [0.2, 0.25) is 5.02 Å². The SMILES string of the molecule is O=C(O)/C=C/CC[C@H]1CC[C@H]([C@H]2CC[C@H](c3ccc(Cl)cc3)CC2)CC1. The summed E-state index contributed by atoms with van der Waals surface area (Å²) in [5, 5.41) is 9.47. The molecule has 0 atom stereocenters. The third kappa shape index (κ3) is 5.61. The molecule has 142 valence electrons. The summed E-state index contributed by atoms with van der Waals surface area (Å²) in [6.45, 7) is 0. The van der Waals surface area contributed by atoms with Crippen LogP contribution in [-0.4, -0.2) is 11.1 Å². The van der Waals surface area contributed by atoms with Gasteiger partial charge < -0.3 is 5.11 Å². The monoisotopic (exact) mass is 374 g/mol. The van der Waals surface area contributed by atoms with E-state index >= 15 is 0 Å². The van der Waals surface area contributed by atoms with Crippen LogP contribution in [0.4, 0.5) is 0 Å². The summed E-state index contributed by atoms with van der Waals surface area (Å²) in [4.78, 5) is 10.5. The molecule has 2 aliphatic carbocycles. The Morgan fingerprint density at radius 3 is 2.12 bits per heavy atom. The molecule has 0 amide bonds. The molecule has 0 bridgehead atoms. The summed E-state index contributed by atoms with van der Waals surface area (Å²) in [5.74, 6) is 2.54. The summed E-state index contributed by atoms with van der Waals surface area (Å²) in [6, 6.07) is 8.46. The quantitative estimate of drug-likeness (QED) is 0.553. The summed E-state index contributed by atoms with van der Waals surface area (Å²) < 4.78 is 0. The molecular weight excluding hydrogens is 344 g/mol. The molecule has 2 fully saturated rings. The van der Waals surface area contributed by atoms with Gasteiger partial charge in [0.25, 0.3) is 0 Å². The topological polar surface area (TPSA) is 37.3 Å². The molecule has 1 aromatic rings. The lowest BCUT2D eigenvalue weighted by molar-refractivity contribution is -0.131. The van der Waals surface area contributed by atoms with E-state index in [0.717, 1.165) is 41.5 Å². The van der Waals surface area contributed by atoms with Crippen LogP contribution in [0.15, 0.2) is 36.4 Å². The van der Waals surface area contributed by atoms with Gasteiger partial charge in [0.05, 0.1) is 0 Å². The number of hydrogen-bond acceptors (Lipinski definition) is 1. The van der Waals surface area contributed by atoms with E-state index in [1.54, 1.807) is 0 Å². The third-order valence-electron chi connectivity index (χ3n) is 6.67. The Morgan fingerprint density at radius 1 is 0.962 bits per heavy atom. The molecule has 26 heavy (non-hydrogen) atoms. The van der Waals surface area contributed by atoms with Crippen molar-refractivity contribution < 1.29 is 9.90 Å². The fourth-order valence-corrected chi connectivity index (χ4v) is 5.25. The van der Waals surface area contributed by atoms with Crippen molar-refractivity contribution in [3.8, 4) is 0 Å². The summed E-state index contributed by atoms with van der Waals surface area (Å²) >= 11 is 6.01. The molecule has 2 aliphatic rings. The van der Waals surface area contributed by atoms with Gasteiger partial charge >= 0.3 is 5.97 Å². The normalized spacial score (nSPS) is 29.7.